The number of carbonyl (C=O) groups is 1. The van der Waals surface area contributed by atoms with Crippen molar-refractivity contribution in [1.29, 1.82) is 0 Å². The van der Waals surface area contributed by atoms with Crippen molar-refractivity contribution < 1.29 is 14.3 Å². The number of fused-ring (bicyclic) bond motifs is 2. The van der Waals surface area contributed by atoms with E-state index in [4.69, 9.17) is 9.47 Å². The fourth-order valence-electron chi connectivity index (χ4n) is 2.62. The maximum Gasteiger partial charge on any atom is 0.259 e. The molecule has 27 heavy (non-hydrogen) atoms. The number of ether oxygens (including phenoxy) is 2. The van der Waals surface area contributed by atoms with Gasteiger partial charge in [0.05, 0.1) is 22.5 Å². The van der Waals surface area contributed by atoms with Gasteiger partial charge in [-0.05, 0) is 37.3 Å². The standard InChI is InChI=1S/C19H18N4O3S/c1-12(13-6-7-15-16(10-13)26-9-8-25-15)22-23-18(24)11-20-19-21-14-4-2-3-5-17(14)27-19/h2-7,10H,8-9,11H2,1H3,(H,20,21)(H,23,24)/b22-12-. The number of anilines is 1. The number of thiazole rings is 1. The highest BCUT2D eigenvalue weighted by molar-refractivity contribution is 7.22. The Bertz CT molecular complexity index is 982. The average molecular weight is 382 g/mol. The minimum absolute atomic E-state index is 0.0950. The van der Waals surface area contributed by atoms with E-state index in [0.717, 1.165) is 21.5 Å². The van der Waals surface area contributed by atoms with Crippen molar-refractivity contribution in [3.8, 4) is 11.5 Å². The van der Waals surface area contributed by atoms with E-state index >= 15 is 0 Å². The normalized spacial score (nSPS) is 13.4. The molecule has 2 N–H and O–H groups in total. The lowest BCUT2D eigenvalue weighted by molar-refractivity contribution is -0.119. The van der Waals surface area contributed by atoms with E-state index in [1.54, 1.807) is 0 Å². The van der Waals surface area contributed by atoms with E-state index in [1.165, 1.54) is 11.3 Å². The van der Waals surface area contributed by atoms with Crippen LogP contribution in [0.25, 0.3) is 10.2 Å². The van der Waals surface area contributed by atoms with Gasteiger partial charge in [-0.25, -0.2) is 10.4 Å². The third-order valence-corrected chi connectivity index (χ3v) is 5.00. The zero-order valence-electron chi connectivity index (χ0n) is 14.7. The Morgan fingerprint density at radius 1 is 1.19 bits per heavy atom. The van der Waals surface area contributed by atoms with Gasteiger partial charge >= 0.3 is 0 Å². The summed E-state index contributed by atoms with van der Waals surface area (Å²) >= 11 is 1.51. The van der Waals surface area contributed by atoms with Crippen molar-refractivity contribution in [3.63, 3.8) is 0 Å². The molecule has 0 aliphatic carbocycles. The molecule has 2 heterocycles. The molecule has 0 saturated carbocycles. The van der Waals surface area contributed by atoms with Gasteiger partial charge in [0, 0.05) is 5.56 Å². The topological polar surface area (TPSA) is 84.8 Å². The van der Waals surface area contributed by atoms with Gasteiger partial charge in [0.15, 0.2) is 16.6 Å². The number of hydrogen-bond acceptors (Lipinski definition) is 7. The van der Waals surface area contributed by atoms with E-state index in [9.17, 15) is 4.79 Å². The van der Waals surface area contributed by atoms with Gasteiger partial charge in [0.1, 0.15) is 13.2 Å². The lowest BCUT2D eigenvalue weighted by atomic mass is 10.1. The molecule has 0 saturated heterocycles. The Morgan fingerprint density at radius 3 is 2.85 bits per heavy atom. The molecule has 1 aliphatic rings. The molecular formula is C19H18N4O3S. The van der Waals surface area contributed by atoms with Gasteiger partial charge in [-0.2, -0.15) is 5.10 Å². The maximum absolute atomic E-state index is 12.1. The Morgan fingerprint density at radius 2 is 2.00 bits per heavy atom. The molecule has 0 fully saturated rings. The number of carbonyl (C=O) groups excluding carboxylic acids is 1. The molecule has 0 radical (unpaired) electrons. The third-order valence-electron chi connectivity index (χ3n) is 4.00. The first-order chi connectivity index (χ1) is 13.2. The number of hydrazone groups is 1. The van der Waals surface area contributed by atoms with Crippen molar-refractivity contribution >= 4 is 38.3 Å². The largest absolute Gasteiger partial charge is 0.486 e. The number of nitrogens with zero attached hydrogens (tertiary/aromatic N) is 2. The Labute approximate surface area is 160 Å². The highest BCUT2D eigenvalue weighted by Crippen LogP contribution is 2.30. The first kappa shape index (κ1) is 17.3. The highest BCUT2D eigenvalue weighted by atomic mass is 32.1. The molecule has 0 spiro atoms. The summed E-state index contributed by atoms with van der Waals surface area (Å²) in [5.41, 5.74) is 5.01. The molecule has 3 aromatic rings. The maximum atomic E-state index is 12.1. The molecule has 1 amide bonds. The number of para-hydroxylation sites is 1. The molecule has 2 aromatic carbocycles. The van der Waals surface area contributed by atoms with Gasteiger partial charge in [-0.1, -0.05) is 23.5 Å². The van der Waals surface area contributed by atoms with Crippen LogP contribution < -0.4 is 20.2 Å². The lowest BCUT2D eigenvalue weighted by Crippen LogP contribution is -2.26. The van der Waals surface area contributed by atoms with Crippen LogP contribution in [0.15, 0.2) is 47.6 Å². The minimum atomic E-state index is -0.244. The van der Waals surface area contributed by atoms with Crippen LogP contribution in [0, 0.1) is 0 Å². The monoisotopic (exact) mass is 382 g/mol. The second-order valence-electron chi connectivity index (χ2n) is 5.93. The van der Waals surface area contributed by atoms with Crippen molar-refractivity contribution in [3.05, 3.63) is 48.0 Å². The molecule has 0 atom stereocenters. The van der Waals surface area contributed by atoms with Gasteiger partial charge in [-0.3, -0.25) is 4.79 Å². The van der Waals surface area contributed by atoms with Gasteiger partial charge < -0.3 is 14.8 Å². The summed E-state index contributed by atoms with van der Waals surface area (Å²) in [6.45, 7) is 3.00. The van der Waals surface area contributed by atoms with E-state index in [1.807, 2.05) is 49.4 Å². The highest BCUT2D eigenvalue weighted by Gasteiger charge is 2.13. The zero-order chi connectivity index (χ0) is 18.6. The number of rotatable bonds is 5. The zero-order valence-corrected chi connectivity index (χ0v) is 15.5. The van der Waals surface area contributed by atoms with Crippen molar-refractivity contribution in [2.75, 3.05) is 25.1 Å². The Kier molecular flexibility index (Phi) is 4.88. The second kappa shape index (κ2) is 7.63. The fourth-order valence-corrected chi connectivity index (χ4v) is 3.48. The molecule has 4 rings (SSSR count). The summed E-state index contributed by atoms with van der Waals surface area (Å²) in [7, 11) is 0. The second-order valence-corrected chi connectivity index (χ2v) is 6.96. The summed E-state index contributed by atoms with van der Waals surface area (Å²) < 4.78 is 12.2. The number of amides is 1. The van der Waals surface area contributed by atoms with Crippen LogP contribution in [-0.4, -0.2) is 36.4 Å². The molecule has 0 unspecified atom stereocenters. The summed E-state index contributed by atoms with van der Waals surface area (Å²) in [5, 5.41) is 7.90. The van der Waals surface area contributed by atoms with Crippen LogP contribution in [-0.2, 0) is 4.79 Å². The predicted octanol–water partition coefficient (Wildman–Crippen LogP) is 3.02. The number of aromatic nitrogens is 1. The summed E-state index contributed by atoms with van der Waals surface area (Å²) in [6.07, 6.45) is 0. The first-order valence-corrected chi connectivity index (χ1v) is 9.33. The minimum Gasteiger partial charge on any atom is -0.486 e. The van der Waals surface area contributed by atoms with Gasteiger partial charge in [-0.15, -0.1) is 0 Å². The van der Waals surface area contributed by atoms with Crippen LogP contribution in [0.2, 0.25) is 0 Å². The fraction of sp³-hybridized carbons (Fsp3) is 0.211. The molecule has 138 valence electrons. The SMILES string of the molecule is C/C(=N/NC(=O)CNc1nc2ccccc2s1)c1ccc2c(c1)OCCO2. The predicted molar refractivity (Wildman–Crippen MR) is 106 cm³/mol. The van der Waals surface area contributed by atoms with Crippen LogP contribution in [0.4, 0.5) is 5.13 Å². The molecule has 1 aromatic heterocycles. The van der Waals surface area contributed by atoms with E-state index < -0.39 is 0 Å². The Hall–Kier alpha value is -3.13. The average Bonchev–Trinajstić information content (AvgIpc) is 3.13. The molecule has 0 bridgehead atoms. The van der Waals surface area contributed by atoms with Crippen molar-refractivity contribution in [2.24, 2.45) is 5.10 Å². The first-order valence-electron chi connectivity index (χ1n) is 8.51. The molecule has 1 aliphatic heterocycles. The van der Waals surface area contributed by atoms with E-state index in [2.05, 4.69) is 20.8 Å². The van der Waals surface area contributed by atoms with Crippen molar-refractivity contribution in [2.45, 2.75) is 6.92 Å². The van der Waals surface area contributed by atoms with Gasteiger partial charge in [0.25, 0.3) is 5.91 Å². The van der Waals surface area contributed by atoms with E-state index in [0.29, 0.717) is 29.8 Å². The third kappa shape index (κ3) is 4.01. The molecular weight excluding hydrogens is 364 g/mol. The smallest absolute Gasteiger partial charge is 0.259 e. The van der Waals surface area contributed by atoms with Gasteiger partial charge in [0.2, 0.25) is 0 Å². The van der Waals surface area contributed by atoms with Crippen molar-refractivity contribution in [1.82, 2.24) is 10.4 Å². The number of hydrogen-bond donors (Lipinski definition) is 2. The quantitative estimate of drug-likeness (QED) is 0.523. The molecule has 8 heteroatoms. The molecule has 7 nitrogen and oxygen atoms in total. The van der Waals surface area contributed by atoms with Crippen LogP contribution in [0.3, 0.4) is 0 Å². The van der Waals surface area contributed by atoms with E-state index in [-0.39, 0.29) is 12.5 Å². The summed E-state index contributed by atoms with van der Waals surface area (Å²) in [5.74, 6) is 1.17. The van der Waals surface area contributed by atoms with Crippen LogP contribution in [0.5, 0.6) is 11.5 Å². The summed E-state index contributed by atoms with van der Waals surface area (Å²) in [6, 6.07) is 13.4. The summed E-state index contributed by atoms with van der Waals surface area (Å²) in [4.78, 5) is 16.5. The van der Waals surface area contributed by atoms with Crippen LogP contribution in [0.1, 0.15) is 12.5 Å². The number of nitrogens with one attached hydrogen (secondary N) is 2. The number of benzene rings is 2. The lowest BCUT2D eigenvalue weighted by Gasteiger charge is -2.18. The Balaban J connectivity index is 1.35. The van der Waals surface area contributed by atoms with Crippen LogP contribution >= 0.6 is 11.3 Å².